The van der Waals surface area contributed by atoms with Crippen LogP contribution in [0.25, 0.3) is 0 Å². The number of amides is 2. The number of halogens is 4. The molecule has 3 aromatic carbocycles. The van der Waals surface area contributed by atoms with Gasteiger partial charge in [0.2, 0.25) is 17.8 Å². The Hall–Kier alpha value is -4.94. The molecule has 9 nitrogen and oxygen atoms in total. The van der Waals surface area contributed by atoms with Crippen molar-refractivity contribution in [1.29, 1.82) is 0 Å². The summed E-state index contributed by atoms with van der Waals surface area (Å²) in [6.45, 7) is -0.386. The minimum absolute atomic E-state index is 0.0718. The van der Waals surface area contributed by atoms with Crippen LogP contribution in [0.2, 0.25) is 0 Å². The highest BCUT2D eigenvalue weighted by molar-refractivity contribution is 5.97. The fraction of sp³-hybridized carbons (Fsp3) is 0.241. The summed E-state index contributed by atoms with van der Waals surface area (Å²) in [5.74, 6) is -2.62. The molecule has 0 radical (unpaired) electrons. The van der Waals surface area contributed by atoms with E-state index in [0.29, 0.717) is 34.7 Å². The zero-order chi connectivity index (χ0) is 29.9. The largest absolute Gasteiger partial charge is 0.457 e. The summed E-state index contributed by atoms with van der Waals surface area (Å²) in [7, 11) is 0. The van der Waals surface area contributed by atoms with Crippen LogP contribution in [0.1, 0.15) is 17.8 Å². The van der Waals surface area contributed by atoms with Crippen molar-refractivity contribution in [3.05, 3.63) is 96.1 Å². The number of carbonyl (C=O) groups is 2. The molecule has 1 saturated heterocycles. The number of ether oxygens (including phenoxy) is 1. The summed E-state index contributed by atoms with van der Waals surface area (Å²) in [5.41, 5.74) is 7.07. The highest BCUT2D eigenvalue weighted by atomic mass is 19.4. The predicted octanol–water partition coefficient (Wildman–Crippen LogP) is 4.91. The number of nitrogens with zero attached hydrogens (tertiary/aromatic N) is 4. The van der Waals surface area contributed by atoms with E-state index in [0.717, 1.165) is 5.56 Å². The third-order valence-electron chi connectivity index (χ3n) is 6.79. The zero-order valence-corrected chi connectivity index (χ0v) is 22.1. The molecule has 0 aliphatic carbocycles. The maximum atomic E-state index is 13.4. The van der Waals surface area contributed by atoms with Crippen LogP contribution in [-0.2, 0) is 28.7 Å². The number of hydrogen-bond acceptors (Lipinski definition) is 6. The molecular weight excluding hydrogens is 556 g/mol. The van der Waals surface area contributed by atoms with E-state index in [9.17, 15) is 27.2 Å². The Morgan fingerprint density at radius 2 is 1.62 bits per heavy atom. The predicted molar refractivity (Wildman–Crippen MR) is 145 cm³/mol. The molecule has 2 heterocycles. The van der Waals surface area contributed by atoms with Gasteiger partial charge in [-0.3, -0.25) is 9.59 Å². The van der Waals surface area contributed by atoms with Gasteiger partial charge in [-0.1, -0.05) is 30.3 Å². The van der Waals surface area contributed by atoms with Crippen LogP contribution in [-0.4, -0.2) is 44.1 Å². The number of anilines is 2. The average Bonchev–Trinajstić information content (AvgIpc) is 3.55. The van der Waals surface area contributed by atoms with E-state index in [1.54, 1.807) is 24.3 Å². The van der Waals surface area contributed by atoms with Crippen LogP contribution in [0.5, 0.6) is 11.5 Å². The van der Waals surface area contributed by atoms with Crippen LogP contribution in [0.15, 0.2) is 78.9 Å². The Morgan fingerprint density at radius 3 is 2.24 bits per heavy atom. The number of hydrogen-bond donors (Lipinski definition) is 2. The number of nitrogens with one attached hydrogen (secondary N) is 1. The first-order valence-corrected chi connectivity index (χ1v) is 13.0. The van der Waals surface area contributed by atoms with Gasteiger partial charge < -0.3 is 20.7 Å². The van der Waals surface area contributed by atoms with Crippen molar-refractivity contribution in [2.45, 2.75) is 31.6 Å². The number of nitrogens with two attached hydrogens (primary N) is 1. The number of carbonyl (C=O) groups excluding carboxylic acids is 2. The molecule has 2 amide bonds. The fourth-order valence-corrected chi connectivity index (χ4v) is 4.82. The lowest BCUT2D eigenvalue weighted by Crippen LogP contribution is -2.44. The molecule has 4 aromatic rings. The Labute approximate surface area is 237 Å². The number of likely N-dealkylation sites (tertiary alicyclic amines) is 1. The number of alkyl halides is 3. The van der Waals surface area contributed by atoms with Gasteiger partial charge in [-0.25, -0.2) is 9.07 Å². The number of aromatic nitrogens is 3. The van der Waals surface area contributed by atoms with Gasteiger partial charge in [-0.05, 0) is 72.9 Å². The quantitative estimate of drug-likeness (QED) is 0.286. The molecule has 0 bridgehead atoms. The second kappa shape index (κ2) is 11.9. The van der Waals surface area contributed by atoms with E-state index in [4.69, 9.17) is 10.5 Å². The van der Waals surface area contributed by atoms with Gasteiger partial charge in [0.1, 0.15) is 29.9 Å². The summed E-state index contributed by atoms with van der Waals surface area (Å²) >= 11 is 0. The standard InChI is InChI=1S/C29H26F4N6O3/c30-20-6-10-22(11-7-20)42-23-12-8-21(9-13-23)35-26(41)24-15-19(14-18-4-2-1-3-5-18)16-38(24)25(40)17-39-28(34)36-27(37-39)29(31,32)33/h1-13,19,24H,14-17H2,(H,35,41)(H2,34,36,37)/t19-,24+/m1/s1. The molecule has 42 heavy (non-hydrogen) atoms. The number of benzene rings is 3. The SMILES string of the molecule is Nc1nc(C(F)(F)F)nn1CC(=O)N1C[C@H](Cc2ccccc2)C[C@H]1C(=O)Nc1ccc(Oc2ccc(F)cc2)cc1. The van der Waals surface area contributed by atoms with E-state index < -0.39 is 42.3 Å². The molecule has 0 spiro atoms. The van der Waals surface area contributed by atoms with Crippen LogP contribution in [0.3, 0.4) is 0 Å². The fourth-order valence-electron chi connectivity index (χ4n) is 4.82. The van der Waals surface area contributed by atoms with Gasteiger partial charge in [0.05, 0.1) is 0 Å². The number of nitrogen functional groups attached to an aromatic ring is 1. The van der Waals surface area contributed by atoms with Crippen LogP contribution < -0.4 is 15.8 Å². The van der Waals surface area contributed by atoms with E-state index in [-0.39, 0.29) is 18.3 Å². The highest BCUT2D eigenvalue weighted by Crippen LogP contribution is 2.30. The third kappa shape index (κ3) is 6.85. The molecule has 0 saturated carbocycles. The smallest absolute Gasteiger partial charge is 0.453 e. The van der Waals surface area contributed by atoms with Crippen molar-refractivity contribution >= 4 is 23.5 Å². The Kier molecular flexibility index (Phi) is 8.09. The van der Waals surface area contributed by atoms with Gasteiger partial charge in [0, 0.05) is 12.2 Å². The molecule has 1 aromatic heterocycles. The molecular formula is C29H26F4N6O3. The van der Waals surface area contributed by atoms with Crippen molar-refractivity contribution in [3.8, 4) is 11.5 Å². The summed E-state index contributed by atoms with van der Waals surface area (Å²) < 4.78 is 58.6. The lowest BCUT2D eigenvalue weighted by molar-refractivity contribution is -0.145. The monoisotopic (exact) mass is 582 g/mol. The molecule has 1 aliphatic heterocycles. The molecule has 1 aliphatic rings. The first kappa shape index (κ1) is 28.6. The van der Waals surface area contributed by atoms with Gasteiger partial charge in [-0.2, -0.15) is 18.2 Å². The minimum Gasteiger partial charge on any atom is -0.457 e. The Morgan fingerprint density at radius 1 is 0.976 bits per heavy atom. The summed E-state index contributed by atoms with van der Waals surface area (Å²) in [6.07, 6.45) is -3.87. The van der Waals surface area contributed by atoms with Crippen molar-refractivity contribution in [2.75, 3.05) is 17.6 Å². The topological polar surface area (TPSA) is 115 Å². The maximum absolute atomic E-state index is 13.4. The summed E-state index contributed by atoms with van der Waals surface area (Å²) in [5, 5.41) is 6.14. The molecule has 1 fully saturated rings. The number of rotatable bonds is 8. The van der Waals surface area contributed by atoms with Crippen molar-refractivity contribution in [1.82, 2.24) is 19.7 Å². The van der Waals surface area contributed by atoms with E-state index >= 15 is 0 Å². The normalized spacial score (nSPS) is 16.8. The van der Waals surface area contributed by atoms with Crippen LogP contribution in [0.4, 0.5) is 29.2 Å². The molecule has 218 valence electrons. The van der Waals surface area contributed by atoms with E-state index in [2.05, 4.69) is 15.4 Å². The van der Waals surface area contributed by atoms with Gasteiger partial charge in [-0.15, -0.1) is 5.10 Å². The maximum Gasteiger partial charge on any atom is 0.453 e. The highest BCUT2D eigenvalue weighted by Gasteiger charge is 2.41. The zero-order valence-electron chi connectivity index (χ0n) is 22.1. The molecule has 2 atom stereocenters. The molecule has 5 rings (SSSR count). The average molecular weight is 583 g/mol. The second-order valence-corrected chi connectivity index (χ2v) is 9.87. The first-order chi connectivity index (χ1) is 20.0. The van der Waals surface area contributed by atoms with Crippen molar-refractivity contribution < 1.29 is 31.9 Å². The lowest BCUT2D eigenvalue weighted by Gasteiger charge is -2.24. The summed E-state index contributed by atoms with van der Waals surface area (Å²) in [6, 6.07) is 20.7. The van der Waals surface area contributed by atoms with Gasteiger partial charge >= 0.3 is 6.18 Å². The molecule has 0 unspecified atom stereocenters. The van der Waals surface area contributed by atoms with Crippen LogP contribution in [0, 0.1) is 11.7 Å². The molecule has 13 heteroatoms. The van der Waals surface area contributed by atoms with Crippen molar-refractivity contribution in [3.63, 3.8) is 0 Å². The lowest BCUT2D eigenvalue weighted by atomic mass is 9.96. The van der Waals surface area contributed by atoms with Gasteiger partial charge in [0.25, 0.3) is 5.82 Å². The van der Waals surface area contributed by atoms with Crippen molar-refractivity contribution in [2.24, 2.45) is 5.92 Å². The summed E-state index contributed by atoms with van der Waals surface area (Å²) in [4.78, 5) is 31.3. The Bertz CT molecular complexity index is 1540. The minimum atomic E-state index is -4.82. The van der Waals surface area contributed by atoms with E-state index in [1.165, 1.54) is 29.2 Å². The van der Waals surface area contributed by atoms with Gasteiger partial charge in [0.15, 0.2) is 0 Å². The van der Waals surface area contributed by atoms with E-state index in [1.807, 2.05) is 30.3 Å². The molecule has 3 N–H and O–H groups in total. The van der Waals surface area contributed by atoms with Crippen LogP contribution >= 0.6 is 0 Å². The second-order valence-electron chi connectivity index (χ2n) is 9.87. The first-order valence-electron chi connectivity index (χ1n) is 13.0. The third-order valence-corrected chi connectivity index (χ3v) is 6.79. The Balaban J connectivity index is 1.30.